The number of benzene rings is 2. The van der Waals surface area contributed by atoms with Crippen LogP contribution in [0.2, 0.25) is 0 Å². The average Bonchev–Trinajstić information content (AvgIpc) is 2.73. The molecule has 4 nitrogen and oxygen atoms in total. The van der Waals surface area contributed by atoms with Crippen molar-refractivity contribution in [3.8, 4) is 5.75 Å². The Morgan fingerprint density at radius 1 is 0.793 bits per heavy atom. The number of rotatable bonds is 12. The summed E-state index contributed by atoms with van der Waals surface area (Å²) >= 11 is -0.359. The van der Waals surface area contributed by atoms with Gasteiger partial charge in [0.1, 0.15) is 5.75 Å². The first-order valence-corrected chi connectivity index (χ1v) is 12.5. The molecule has 2 aromatic carbocycles. The Morgan fingerprint density at radius 2 is 1.38 bits per heavy atom. The van der Waals surface area contributed by atoms with E-state index in [2.05, 4.69) is 13.8 Å². The second-order valence-corrected chi connectivity index (χ2v) is 9.86. The first-order valence-electron chi connectivity index (χ1n) is 10.3. The highest BCUT2D eigenvalue weighted by atomic mass is 127. The molecule has 0 N–H and O–H groups in total. The van der Waals surface area contributed by atoms with E-state index in [-0.39, 0.29) is 33.1 Å². The molecule has 0 fully saturated rings. The van der Waals surface area contributed by atoms with E-state index in [1.165, 1.54) is 7.14 Å². The minimum absolute atomic E-state index is 0.168. The lowest BCUT2D eigenvalue weighted by molar-refractivity contribution is -0.597. The molecule has 0 amide bonds. The highest BCUT2D eigenvalue weighted by Crippen LogP contribution is 2.11. The number of esters is 2. The van der Waals surface area contributed by atoms with Gasteiger partial charge in [-0.1, -0.05) is 39.5 Å². The molecule has 0 spiro atoms. The molecule has 2 aromatic rings. The third kappa shape index (κ3) is 8.98. The van der Waals surface area contributed by atoms with E-state index in [0.29, 0.717) is 24.3 Å². The smallest absolute Gasteiger partial charge is 0.357 e. The zero-order valence-electron chi connectivity index (χ0n) is 17.3. The Morgan fingerprint density at radius 3 is 2.00 bits per heavy atom. The third-order valence-electron chi connectivity index (χ3n) is 4.31. The normalized spacial score (nSPS) is 10.6. The number of carbonyl (C=O) groups is 2. The summed E-state index contributed by atoms with van der Waals surface area (Å²) in [7, 11) is 0. The predicted octanol–water partition coefficient (Wildman–Crippen LogP) is 2.65. The van der Waals surface area contributed by atoms with Crippen molar-refractivity contribution in [3.05, 3.63) is 61.2 Å². The van der Waals surface area contributed by atoms with Gasteiger partial charge in [-0.2, -0.15) is 0 Å². The van der Waals surface area contributed by atoms with E-state index in [4.69, 9.17) is 9.47 Å². The van der Waals surface area contributed by atoms with Crippen molar-refractivity contribution in [2.24, 2.45) is 0 Å². The molecule has 5 heteroatoms. The first kappa shape index (κ1) is 23.4. The number of hydrogen-bond acceptors (Lipinski definition) is 4. The maximum absolute atomic E-state index is 12.0. The Balaban J connectivity index is 1.82. The Kier molecular flexibility index (Phi) is 10.8. The number of ether oxygens (including phenoxy) is 2. The van der Waals surface area contributed by atoms with Crippen molar-refractivity contribution in [2.75, 3.05) is 6.61 Å². The van der Waals surface area contributed by atoms with Crippen molar-refractivity contribution < 1.29 is 40.3 Å². The first-order chi connectivity index (χ1) is 14.1. The zero-order valence-corrected chi connectivity index (χ0v) is 19.4. The van der Waals surface area contributed by atoms with Gasteiger partial charge in [-0.3, -0.25) is 4.79 Å². The van der Waals surface area contributed by atoms with Crippen LogP contribution in [-0.4, -0.2) is 18.5 Å². The van der Waals surface area contributed by atoms with Gasteiger partial charge >= 0.3 is 33.1 Å². The molecule has 0 saturated heterocycles. The van der Waals surface area contributed by atoms with E-state index in [9.17, 15) is 9.59 Å². The molecular weight excluding hydrogens is 479 g/mol. The fraction of sp³-hybridized carbons (Fsp3) is 0.417. The summed E-state index contributed by atoms with van der Waals surface area (Å²) in [5.41, 5.74) is 0.597. The minimum Gasteiger partial charge on any atom is -0.462 e. The van der Waals surface area contributed by atoms with E-state index in [1.54, 1.807) is 0 Å². The van der Waals surface area contributed by atoms with Crippen molar-refractivity contribution in [3.63, 3.8) is 0 Å². The van der Waals surface area contributed by atoms with Gasteiger partial charge < -0.3 is 9.47 Å². The van der Waals surface area contributed by atoms with Gasteiger partial charge in [-0.25, -0.2) is 4.79 Å². The number of unbranched alkanes of at least 4 members (excludes halogenated alkanes) is 4. The molecule has 29 heavy (non-hydrogen) atoms. The van der Waals surface area contributed by atoms with Gasteiger partial charge in [0.05, 0.1) is 12.2 Å². The SMILES string of the molecule is CCCCCOC(=O)c1ccc([I+]c2ccc(OC(=O)CCCCC)cc2)cc1. The highest BCUT2D eigenvalue weighted by molar-refractivity contribution is 5.89. The molecule has 0 aliphatic rings. The van der Waals surface area contributed by atoms with E-state index < -0.39 is 0 Å². The summed E-state index contributed by atoms with van der Waals surface area (Å²) in [5.74, 6) is 0.175. The fourth-order valence-corrected chi connectivity index (χ4v) is 4.80. The van der Waals surface area contributed by atoms with Crippen molar-refractivity contribution in [1.29, 1.82) is 0 Å². The van der Waals surface area contributed by atoms with E-state index in [1.807, 2.05) is 48.5 Å². The van der Waals surface area contributed by atoms with Crippen LogP contribution in [-0.2, 0) is 9.53 Å². The Labute approximate surface area is 184 Å². The average molecular weight is 509 g/mol. The largest absolute Gasteiger partial charge is 0.462 e. The lowest BCUT2D eigenvalue weighted by atomic mass is 10.2. The van der Waals surface area contributed by atoms with Gasteiger partial charge in [-0.15, -0.1) is 0 Å². The van der Waals surface area contributed by atoms with Gasteiger partial charge in [0, 0.05) is 6.42 Å². The van der Waals surface area contributed by atoms with Crippen LogP contribution < -0.4 is 25.9 Å². The zero-order chi connectivity index (χ0) is 20.9. The van der Waals surface area contributed by atoms with Crippen LogP contribution in [0.3, 0.4) is 0 Å². The number of hydrogen-bond donors (Lipinski definition) is 0. The summed E-state index contributed by atoms with van der Waals surface area (Å²) in [4.78, 5) is 23.8. The van der Waals surface area contributed by atoms with Crippen LogP contribution in [0.25, 0.3) is 0 Å². The van der Waals surface area contributed by atoms with E-state index in [0.717, 1.165) is 38.5 Å². The summed E-state index contributed by atoms with van der Waals surface area (Å²) in [5, 5.41) is 0. The van der Waals surface area contributed by atoms with Gasteiger partial charge in [-0.05, 0) is 61.4 Å². The fourth-order valence-electron chi connectivity index (χ4n) is 2.64. The molecule has 0 aliphatic heterocycles. The van der Waals surface area contributed by atoms with Gasteiger partial charge in [0.25, 0.3) is 0 Å². The predicted molar refractivity (Wildman–Crippen MR) is 110 cm³/mol. The molecule has 0 atom stereocenters. The van der Waals surface area contributed by atoms with Crippen LogP contribution in [0.1, 0.15) is 69.2 Å². The summed E-state index contributed by atoms with van der Waals surface area (Å²) in [6.45, 7) is 4.72. The van der Waals surface area contributed by atoms with Crippen LogP contribution in [0, 0.1) is 7.14 Å². The molecule has 156 valence electrons. The lowest BCUT2D eigenvalue weighted by Crippen LogP contribution is -3.61. The maximum atomic E-state index is 12.0. The molecule has 0 unspecified atom stereocenters. The van der Waals surface area contributed by atoms with Crippen LogP contribution in [0.5, 0.6) is 5.75 Å². The maximum Gasteiger partial charge on any atom is 0.357 e. The monoisotopic (exact) mass is 509 g/mol. The standard InChI is InChI=1S/C24H30IO4/c1-3-5-7-9-23(26)29-22-16-14-21(15-17-22)25-20-12-10-19(11-13-20)24(27)28-18-8-6-4-2/h10-17H,3-9,18H2,1-2H3/q+1. The molecule has 0 aliphatic carbocycles. The molecule has 0 heterocycles. The lowest BCUT2D eigenvalue weighted by Gasteiger charge is -2.04. The molecule has 0 saturated carbocycles. The third-order valence-corrected chi connectivity index (χ3v) is 6.99. The Bertz CT molecular complexity index is 753. The van der Waals surface area contributed by atoms with Crippen molar-refractivity contribution in [1.82, 2.24) is 0 Å². The quantitative estimate of drug-likeness (QED) is 0.191. The summed E-state index contributed by atoms with van der Waals surface area (Å²) < 4.78 is 13.1. The molecule has 0 aromatic heterocycles. The van der Waals surface area contributed by atoms with Crippen molar-refractivity contribution >= 4 is 11.9 Å². The molecule has 0 radical (unpaired) electrons. The van der Waals surface area contributed by atoms with Crippen LogP contribution in [0.15, 0.2) is 48.5 Å². The summed E-state index contributed by atoms with van der Waals surface area (Å²) in [6.07, 6.45) is 6.58. The molecule has 0 bridgehead atoms. The van der Waals surface area contributed by atoms with E-state index >= 15 is 0 Å². The van der Waals surface area contributed by atoms with Gasteiger partial charge in [0.2, 0.25) is 0 Å². The van der Waals surface area contributed by atoms with Crippen LogP contribution in [0.4, 0.5) is 0 Å². The highest BCUT2D eigenvalue weighted by Gasteiger charge is 2.17. The Hall–Kier alpha value is -1.89. The summed E-state index contributed by atoms with van der Waals surface area (Å²) in [6, 6.07) is 15.4. The second kappa shape index (κ2) is 13.4. The van der Waals surface area contributed by atoms with Crippen LogP contribution >= 0.6 is 0 Å². The van der Waals surface area contributed by atoms with Crippen molar-refractivity contribution in [2.45, 2.75) is 58.8 Å². The minimum atomic E-state index is -0.359. The molecular formula is C24H30IO4+. The topological polar surface area (TPSA) is 52.6 Å². The van der Waals surface area contributed by atoms with Gasteiger partial charge in [0.15, 0.2) is 7.14 Å². The molecule has 2 rings (SSSR count). The number of halogens is 1. The second-order valence-electron chi connectivity index (χ2n) is 6.83. The number of carbonyl (C=O) groups excluding carboxylic acids is 2.